The highest BCUT2D eigenvalue weighted by Gasteiger charge is 2.31. The molecule has 1 amide bonds. The van der Waals surface area contributed by atoms with Gasteiger partial charge in [-0.3, -0.25) is 14.3 Å². The highest BCUT2D eigenvalue weighted by Crippen LogP contribution is 2.19. The molecule has 6 heteroatoms. The number of carboxylic acids is 1. The zero-order chi connectivity index (χ0) is 13.2. The Labute approximate surface area is 99.8 Å². The highest BCUT2D eigenvalue weighted by atomic mass is 16.4. The first-order valence-corrected chi connectivity index (χ1v) is 5.22. The molecule has 6 nitrogen and oxygen atoms in total. The van der Waals surface area contributed by atoms with Crippen molar-refractivity contribution in [2.45, 2.75) is 25.8 Å². The van der Waals surface area contributed by atoms with Crippen LogP contribution in [0.5, 0.6) is 0 Å². The number of hydrogen-bond acceptors (Lipinski definition) is 3. The van der Waals surface area contributed by atoms with Gasteiger partial charge in [0.2, 0.25) is 0 Å². The molecule has 0 aromatic carbocycles. The number of hydrogen-bond donors (Lipinski definition) is 1. The average molecular weight is 239 g/mol. The molecule has 1 heterocycles. The third-order valence-corrected chi connectivity index (χ3v) is 2.75. The van der Waals surface area contributed by atoms with Gasteiger partial charge in [0.25, 0.3) is 5.91 Å². The molecular weight excluding hydrogens is 222 g/mol. The van der Waals surface area contributed by atoms with Crippen molar-refractivity contribution >= 4 is 11.9 Å². The van der Waals surface area contributed by atoms with Gasteiger partial charge in [0, 0.05) is 25.8 Å². The largest absolute Gasteiger partial charge is 0.481 e. The molecule has 0 radical (unpaired) electrons. The summed E-state index contributed by atoms with van der Waals surface area (Å²) in [4.78, 5) is 24.2. The van der Waals surface area contributed by atoms with Crippen molar-refractivity contribution in [1.82, 2.24) is 14.7 Å². The van der Waals surface area contributed by atoms with Gasteiger partial charge in [0.15, 0.2) is 0 Å². The van der Waals surface area contributed by atoms with Crippen LogP contribution >= 0.6 is 0 Å². The summed E-state index contributed by atoms with van der Waals surface area (Å²) in [5, 5.41) is 12.7. The zero-order valence-corrected chi connectivity index (χ0v) is 10.5. The van der Waals surface area contributed by atoms with Crippen LogP contribution in [0, 0.1) is 0 Å². The summed E-state index contributed by atoms with van der Waals surface area (Å²) in [6.45, 7) is 3.44. The number of amides is 1. The van der Waals surface area contributed by atoms with Crippen molar-refractivity contribution in [3.63, 3.8) is 0 Å². The minimum absolute atomic E-state index is 0.102. The lowest BCUT2D eigenvalue weighted by atomic mass is 9.98. The number of carbonyl (C=O) groups excluding carboxylic acids is 1. The van der Waals surface area contributed by atoms with E-state index >= 15 is 0 Å². The standard InChI is InChI=1S/C11H17N3O3/c1-11(2,5-9(15)16)14(4)10(17)8-6-12-13(3)7-8/h6-7H,5H2,1-4H3,(H,15,16). The second kappa shape index (κ2) is 4.57. The molecular formula is C11H17N3O3. The maximum absolute atomic E-state index is 12.1. The summed E-state index contributed by atoms with van der Waals surface area (Å²) < 4.78 is 1.53. The number of aliphatic carboxylic acids is 1. The summed E-state index contributed by atoms with van der Waals surface area (Å²) in [6.07, 6.45) is 2.97. The molecule has 0 atom stereocenters. The first-order valence-electron chi connectivity index (χ1n) is 5.22. The second-order valence-electron chi connectivity index (χ2n) is 4.65. The first-order chi connectivity index (χ1) is 7.74. The maximum atomic E-state index is 12.1. The fourth-order valence-electron chi connectivity index (χ4n) is 1.49. The van der Waals surface area contributed by atoms with Gasteiger partial charge in [-0.15, -0.1) is 0 Å². The third-order valence-electron chi connectivity index (χ3n) is 2.75. The summed E-state index contributed by atoms with van der Waals surface area (Å²) in [7, 11) is 3.32. The second-order valence-corrected chi connectivity index (χ2v) is 4.65. The molecule has 0 saturated carbocycles. The van der Waals surface area contributed by atoms with E-state index in [4.69, 9.17) is 5.11 Å². The van der Waals surface area contributed by atoms with E-state index in [1.807, 2.05) is 0 Å². The lowest BCUT2D eigenvalue weighted by molar-refractivity contribution is -0.139. The van der Waals surface area contributed by atoms with Crippen LogP contribution in [-0.4, -0.2) is 44.3 Å². The van der Waals surface area contributed by atoms with Gasteiger partial charge < -0.3 is 10.0 Å². The van der Waals surface area contributed by atoms with Crippen LogP contribution in [0.1, 0.15) is 30.6 Å². The number of rotatable bonds is 4. The molecule has 0 bridgehead atoms. The molecule has 1 aromatic heterocycles. The number of carbonyl (C=O) groups is 2. The Morgan fingerprint density at radius 2 is 2.12 bits per heavy atom. The smallest absolute Gasteiger partial charge is 0.305 e. The van der Waals surface area contributed by atoms with E-state index in [0.29, 0.717) is 5.56 Å². The predicted octanol–water partition coefficient (Wildman–Crippen LogP) is 0.745. The molecule has 0 aliphatic carbocycles. The van der Waals surface area contributed by atoms with Gasteiger partial charge in [-0.05, 0) is 13.8 Å². The van der Waals surface area contributed by atoms with E-state index in [9.17, 15) is 9.59 Å². The van der Waals surface area contributed by atoms with E-state index in [1.165, 1.54) is 15.8 Å². The van der Waals surface area contributed by atoms with E-state index in [-0.39, 0.29) is 12.3 Å². The number of aryl methyl sites for hydroxylation is 1. The van der Waals surface area contributed by atoms with Gasteiger partial charge in [0.1, 0.15) is 0 Å². The number of carboxylic acid groups (broad SMARTS) is 1. The van der Waals surface area contributed by atoms with E-state index in [1.54, 1.807) is 34.1 Å². The number of nitrogens with zero attached hydrogens (tertiary/aromatic N) is 3. The van der Waals surface area contributed by atoms with Crippen LogP contribution in [0.25, 0.3) is 0 Å². The quantitative estimate of drug-likeness (QED) is 0.841. The van der Waals surface area contributed by atoms with Crippen molar-refractivity contribution in [2.24, 2.45) is 7.05 Å². The lowest BCUT2D eigenvalue weighted by Gasteiger charge is -2.34. The molecule has 1 rings (SSSR count). The van der Waals surface area contributed by atoms with Crippen LogP contribution in [0.3, 0.4) is 0 Å². The Bertz CT molecular complexity index is 437. The van der Waals surface area contributed by atoms with Gasteiger partial charge in [-0.25, -0.2) is 0 Å². The Morgan fingerprint density at radius 1 is 1.53 bits per heavy atom. The van der Waals surface area contributed by atoms with E-state index < -0.39 is 11.5 Å². The highest BCUT2D eigenvalue weighted by molar-refractivity contribution is 5.94. The Hall–Kier alpha value is -1.85. The molecule has 0 saturated heterocycles. The van der Waals surface area contributed by atoms with Crippen LogP contribution in [-0.2, 0) is 11.8 Å². The monoisotopic (exact) mass is 239 g/mol. The fraction of sp³-hybridized carbons (Fsp3) is 0.545. The topological polar surface area (TPSA) is 75.4 Å². The van der Waals surface area contributed by atoms with E-state index in [0.717, 1.165) is 0 Å². The average Bonchev–Trinajstić information content (AvgIpc) is 2.60. The van der Waals surface area contributed by atoms with Gasteiger partial charge in [-0.1, -0.05) is 0 Å². The van der Waals surface area contributed by atoms with Crippen molar-refractivity contribution in [1.29, 1.82) is 0 Å². The number of aromatic nitrogens is 2. The van der Waals surface area contributed by atoms with Crippen molar-refractivity contribution in [2.75, 3.05) is 7.05 Å². The lowest BCUT2D eigenvalue weighted by Crippen LogP contribution is -2.46. The normalized spacial score (nSPS) is 11.3. The van der Waals surface area contributed by atoms with Gasteiger partial charge in [-0.2, -0.15) is 5.10 Å². The predicted molar refractivity (Wildman–Crippen MR) is 61.6 cm³/mol. The van der Waals surface area contributed by atoms with Gasteiger partial charge in [0.05, 0.1) is 18.2 Å². The Balaban J connectivity index is 2.86. The van der Waals surface area contributed by atoms with Crippen LogP contribution in [0.4, 0.5) is 0 Å². The van der Waals surface area contributed by atoms with Crippen LogP contribution in [0.2, 0.25) is 0 Å². The molecule has 0 spiro atoms. The Kier molecular flexibility index (Phi) is 3.55. The van der Waals surface area contributed by atoms with Crippen molar-refractivity contribution in [3.05, 3.63) is 18.0 Å². The van der Waals surface area contributed by atoms with Gasteiger partial charge >= 0.3 is 5.97 Å². The molecule has 0 aliphatic rings. The molecule has 1 aromatic rings. The molecule has 17 heavy (non-hydrogen) atoms. The zero-order valence-electron chi connectivity index (χ0n) is 10.5. The minimum Gasteiger partial charge on any atom is -0.481 e. The van der Waals surface area contributed by atoms with Crippen LogP contribution in [0.15, 0.2) is 12.4 Å². The first kappa shape index (κ1) is 13.2. The SMILES string of the molecule is CN(C(=O)c1cnn(C)c1)C(C)(C)CC(=O)O. The molecule has 0 fully saturated rings. The van der Waals surface area contributed by atoms with E-state index in [2.05, 4.69) is 5.10 Å². The molecule has 0 aliphatic heterocycles. The summed E-state index contributed by atoms with van der Waals surface area (Å²) >= 11 is 0. The summed E-state index contributed by atoms with van der Waals surface area (Å²) in [6, 6.07) is 0. The minimum atomic E-state index is -0.930. The molecule has 1 N–H and O–H groups in total. The van der Waals surface area contributed by atoms with Crippen molar-refractivity contribution < 1.29 is 14.7 Å². The summed E-state index contributed by atoms with van der Waals surface area (Å²) in [5.74, 6) is -1.16. The third kappa shape index (κ3) is 3.05. The molecule has 94 valence electrons. The summed E-state index contributed by atoms with van der Waals surface area (Å²) in [5.41, 5.74) is -0.285. The van der Waals surface area contributed by atoms with Crippen LogP contribution < -0.4 is 0 Å². The Morgan fingerprint density at radius 3 is 2.53 bits per heavy atom. The maximum Gasteiger partial charge on any atom is 0.305 e. The molecule has 0 unspecified atom stereocenters. The fourth-order valence-corrected chi connectivity index (χ4v) is 1.49. The van der Waals surface area contributed by atoms with Crippen molar-refractivity contribution in [3.8, 4) is 0 Å².